The number of hydrogen-bond donors (Lipinski definition) is 2. The summed E-state index contributed by atoms with van der Waals surface area (Å²) in [5.74, 6) is 0. The number of fused-ring (bicyclic) bond motifs is 1. The summed E-state index contributed by atoms with van der Waals surface area (Å²) in [6.07, 6.45) is 2.79. The number of para-hydroxylation sites is 1. The summed E-state index contributed by atoms with van der Waals surface area (Å²) in [5, 5.41) is 1.21. The minimum Gasteiger partial charge on any atom is -0.361 e. The lowest BCUT2D eigenvalue weighted by Gasteiger charge is -2.13. The predicted molar refractivity (Wildman–Crippen MR) is 64.2 cm³/mol. The predicted octanol–water partition coefficient (Wildman–Crippen LogP) is 1.72. The van der Waals surface area contributed by atoms with Crippen LogP contribution >= 0.6 is 0 Å². The highest BCUT2D eigenvalue weighted by Gasteiger charge is 2.06. The Kier molecular flexibility index (Phi) is 2.81. The SMILES string of the molecule is CN(CCc1c[nH]c2ccccc12)C(N)=O. The smallest absolute Gasteiger partial charge is 0.314 e. The van der Waals surface area contributed by atoms with Gasteiger partial charge in [0.1, 0.15) is 0 Å². The molecular weight excluding hydrogens is 202 g/mol. The van der Waals surface area contributed by atoms with E-state index < -0.39 is 0 Å². The molecular formula is C12H15N3O. The van der Waals surface area contributed by atoms with Crippen LogP contribution in [0.15, 0.2) is 30.5 Å². The number of aromatic nitrogens is 1. The molecule has 16 heavy (non-hydrogen) atoms. The maximum atomic E-state index is 10.9. The average molecular weight is 217 g/mol. The molecule has 0 aliphatic heterocycles. The van der Waals surface area contributed by atoms with Crippen LogP contribution in [0.4, 0.5) is 4.79 Å². The zero-order valence-electron chi connectivity index (χ0n) is 9.23. The first-order chi connectivity index (χ1) is 7.68. The number of carbonyl (C=O) groups is 1. The number of carbonyl (C=O) groups excluding carboxylic acids is 1. The van der Waals surface area contributed by atoms with Gasteiger partial charge in [0.15, 0.2) is 0 Å². The van der Waals surface area contributed by atoms with Crippen molar-refractivity contribution in [3.63, 3.8) is 0 Å². The number of primary amides is 1. The van der Waals surface area contributed by atoms with Crippen molar-refractivity contribution in [3.8, 4) is 0 Å². The molecule has 0 saturated heterocycles. The molecule has 0 radical (unpaired) electrons. The Balaban J connectivity index is 2.13. The molecule has 4 heteroatoms. The Bertz CT molecular complexity index is 504. The molecule has 0 saturated carbocycles. The lowest BCUT2D eigenvalue weighted by atomic mass is 10.1. The third-order valence-electron chi connectivity index (χ3n) is 2.77. The standard InChI is InChI=1S/C12H15N3O/c1-15(12(13)16)7-6-9-8-14-11-5-3-2-4-10(9)11/h2-5,8,14H,6-7H2,1H3,(H2,13,16). The molecule has 0 bridgehead atoms. The van der Waals surface area contributed by atoms with E-state index in [9.17, 15) is 4.79 Å². The van der Waals surface area contributed by atoms with E-state index in [0.717, 1.165) is 11.9 Å². The van der Waals surface area contributed by atoms with Crippen LogP contribution in [0.2, 0.25) is 0 Å². The normalized spacial score (nSPS) is 10.6. The second kappa shape index (κ2) is 4.26. The number of nitrogens with one attached hydrogen (secondary N) is 1. The summed E-state index contributed by atoms with van der Waals surface area (Å²) < 4.78 is 0. The van der Waals surface area contributed by atoms with Gasteiger partial charge in [-0.3, -0.25) is 0 Å². The molecule has 1 heterocycles. The molecule has 2 amide bonds. The van der Waals surface area contributed by atoms with Crippen molar-refractivity contribution in [2.75, 3.05) is 13.6 Å². The maximum Gasteiger partial charge on any atom is 0.314 e. The highest BCUT2D eigenvalue weighted by atomic mass is 16.2. The molecule has 2 rings (SSSR count). The fraction of sp³-hybridized carbons (Fsp3) is 0.250. The lowest BCUT2D eigenvalue weighted by molar-refractivity contribution is 0.219. The highest BCUT2D eigenvalue weighted by molar-refractivity contribution is 5.83. The zero-order valence-corrected chi connectivity index (χ0v) is 9.23. The number of urea groups is 1. The molecule has 84 valence electrons. The quantitative estimate of drug-likeness (QED) is 0.808. The Morgan fingerprint density at radius 3 is 2.94 bits per heavy atom. The number of H-pyrrole nitrogens is 1. The number of nitrogens with two attached hydrogens (primary N) is 1. The van der Waals surface area contributed by atoms with Crippen LogP contribution in [0.25, 0.3) is 10.9 Å². The summed E-state index contributed by atoms with van der Waals surface area (Å²) in [5.41, 5.74) is 7.50. The number of amides is 2. The van der Waals surface area contributed by atoms with Crippen molar-refractivity contribution >= 4 is 16.9 Å². The second-order valence-corrected chi connectivity index (χ2v) is 3.87. The summed E-state index contributed by atoms with van der Waals surface area (Å²) in [7, 11) is 1.71. The Morgan fingerprint density at radius 1 is 1.44 bits per heavy atom. The van der Waals surface area contributed by atoms with Gasteiger partial charge in [-0.2, -0.15) is 0 Å². The topological polar surface area (TPSA) is 62.1 Å². The van der Waals surface area contributed by atoms with Crippen molar-refractivity contribution in [1.29, 1.82) is 0 Å². The molecule has 4 nitrogen and oxygen atoms in total. The van der Waals surface area contributed by atoms with E-state index in [0.29, 0.717) is 6.54 Å². The van der Waals surface area contributed by atoms with Crippen molar-refractivity contribution in [2.45, 2.75) is 6.42 Å². The van der Waals surface area contributed by atoms with Crippen molar-refractivity contribution in [2.24, 2.45) is 5.73 Å². The number of rotatable bonds is 3. The van der Waals surface area contributed by atoms with E-state index >= 15 is 0 Å². The molecule has 1 aromatic heterocycles. The van der Waals surface area contributed by atoms with E-state index in [1.807, 2.05) is 24.4 Å². The average Bonchev–Trinajstić information content (AvgIpc) is 2.69. The van der Waals surface area contributed by atoms with E-state index in [-0.39, 0.29) is 6.03 Å². The monoisotopic (exact) mass is 217 g/mol. The molecule has 0 fully saturated rings. The minimum absolute atomic E-state index is 0.389. The van der Waals surface area contributed by atoms with Crippen LogP contribution in [-0.4, -0.2) is 29.5 Å². The molecule has 0 unspecified atom stereocenters. The van der Waals surface area contributed by atoms with Crippen LogP contribution < -0.4 is 5.73 Å². The van der Waals surface area contributed by atoms with Gasteiger partial charge < -0.3 is 15.6 Å². The first-order valence-electron chi connectivity index (χ1n) is 5.24. The largest absolute Gasteiger partial charge is 0.361 e. The number of nitrogens with zero attached hydrogens (tertiary/aromatic N) is 1. The molecule has 0 aliphatic carbocycles. The number of hydrogen-bond acceptors (Lipinski definition) is 1. The van der Waals surface area contributed by atoms with Gasteiger partial charge >= 0.3 is 6.03 Å². The molecule has 1 aromatic carbocycles. The summed E-state index contributed by atoms with van der Waals surface area (Å²) in [6, 6.07) is 7.73. The first-order valence-corrected chi connectivity index (χ1v) is 5.24. The minimum atomic E-state index is -0.389. The van der Waals surface area contributed by atoms with Gasteiger partial charge in [0.05, 0.1) is 0 Å². The fourth-order valence-electron chi connectivity index (χ4n) is 1.74. The molecule has 2 aromatic rings. The third kappa shape index (κ3) is 2.00. The number of benzene rings is 1. The molecule has 0 atom stereocenters. The van der Waals surface area contributed by atoms with Gasteiger partial charge in [0, 0.05) is 30.7 Å². The van der Waals surface area contributed by atoms with E-state index in [1.165, 1.54) is 15.8 Å². The zero-order chi connectivity index (χ0) is 11.5. The van der Waals surface area contributed by atoms with Gasteiger partial charge in [-0.25, -0.2) is 4.79 Å². The number of aromatic amines is 1. The lowest BCUT2D eigenvalue weighted by Crippen LogP contribution is -2.33. The van der Waals surface area contributed by atoms with Gasteiger partial charge in [-0.05, 0) is 18.1 Å². The van der Waals surface area contributed by atoms with Gasteiger partial charge in [-0.15, -0.1) is 0 Å². The van der Waals surface area contributed by atoms with Crippen LogP contribution in [0, 0.1) is 0 Å². The van der Waals surface area contributed by atoms with E-state index in [2.05, 4.69) is 11.1 Å². The van der Waals surface area contributed by atoms with Crippen LogP contribution in [-0.2, 0) is 6.42 Å². The van der Waals surface area contributed by atoms with Gasteiger partial charge in [0.2, 0.25) is 0 Å². The van der Waals surface area contributed by atoms with Crippen molar-refractivity contribution in [1.82, 2.24) is 9.88 Å². The highest BCUT2D eigenvalue weighted by Crippen LogP contribution is 2.17. The maximum absolute atomic E-state index is 10.9. The number of likely N-dealkylation sites (N-methyl/N-ethyl adjacent to an activating group) is 1. The Labute approximate surface area is 94.0 Å². The van der Waals surface area contributed by atoms with Crippen LogP contribution in [0.3, 0.4) is 0 Å². The molecule has 3 N–H and O–H groups in total. The Morgan fingerprint density at radius 2 is 2.19 bits per heavy atom. The van der Waals surface area contributed by atoms with Crippen LogP contribution in [0.1, 0.15) is 5.56 Å². The summed E-state index contributed by atoms with van der Waals surface area (Å²) in [6.45, 7) is 0.636. The van der Waals surface area contributed by atoms with Gasteiger partial charge in [-0.1, -0.05) is 18.2 Å². The summed E-state index contributed by atoms with van der Waals surface area (Å²) in [4.78, 5) is 15.6. The third-order valence-corrected chi connectivity index (χ3v) is 2.77. The summed E-state index contributed by atoms with van der Waals surface area (Å²) >= 11 is 0. The molecule has 0 aliphatic rings. The first kappa shape index (κ1) is 10.5. The Hall–Kier alpha value is -1.97. The van der Waals surface area contributed by atoms with E-state index in [4.69, 9.17) is 5.73 Å². The van der Waals surface area contributed by atoms with Crippen LogP contribution in [0.5, 0.6) is 0 Å². The van der Waals surface area contributed by atoms with Crippen molar-refractivity contribution in [3.05, 3.63) is 36.0 Å². The van der Waals surface area contributed by atoms with E-state index in [1.54, 1.807) is 7.05 Å². The van der Waals surface area contributed by atoms with Gasteiger partial charge in [0.25, 0.3) is 0 Å². The second-order valence-electron chi connectivity index (χ2n) is 3.87. The fourth-order valence-corrected chi connectivity index (χ4v) is 1.74. The van der Waals surface area contributed by atoms with Crippen molar-refractivity contribution < 1.29 is 4.79 Å². The molecule has 0 spiro atoms.